The zero-order valence-electron chi connectivity index (χ0n) is 11.0. The minimum atomic E-state index is 0.396. The number of nitrogens with zero attached hydrogens (tertiary/aromatic N) is 3. The van der Waals surface area contributed by atoms with Crippen LogP contribution in [0.2, 0.25) is 0 Å². The molecule has 0 aliphatic rings. The third kappa shape index (κ3) is 3.94. The molecule has 1 rings (SSSR count). The summed E-state index contributed by atoms with van der Waals surface area (Å²) in [5.41, 5.74) is 13.2. The molecule has 0 aliphatic carbocycles. The topological polar surface area (TPSA) is 81.1 Å². The van der Waals surface area contributed by atoms with Crippen LogP contribution < -0.4 is 16.4 Å². The third-order valence-electron chi connectivity index (χ3n) is 2.53. The van der Waals surface area contributed by atoms with Crippen LogP contribution >= 0.6 is 0 Å². The third-order valence-corrected chi connectivity index (χ3v) is 2.53. The lowest BCUT2D eigenvalue weighted by molar-refractivity contribution is 0.732. The van der Waals surface area contributed by atoms with Crippen molar-refractivity contribution in [3.05, 3.63) is 17.5 Å². The van der Waals surface area contributed by atoms with Gasteiger partial charge in [-0.3, -0.25) is 0 Å². The molecule has 5 nitrogen and oxygen atoms in total. The lowest BCUT2D eigenvalue weighted by Gasteiger charge is -2.22. The molecule has 0 bridgehead atoms. The fourth-order valence-corrected chi connectivity index (χ4v) is 1.64. The van der Waals surface area contributed by atoms with Gasteiger partial charge in [-0.1, -0.05) is 13.8 Å². The first-order chi connectivity index (χ1) is 8.08. The van der Waals surface area contributed by atoms with Crippen LogP contribution in [-0.2, 0) is 0 Å². The Balaban J connectivity index is 3.00. The van der Waals surface area contributed by atoms with Gasteiger partial charge in [0.25, 0.3) is 0 Å². The molecule has 1 aromatic rings. The molecule has 0 unspecified atom stereocenters. The standard InChI is InChI=1S/C12H23N5/c1-9(2)11-8-10(3)15-12(16-11)17(6-4-13)7-5-14/h8-9H,4-7,13-14H2,1-3H3. The predicted molar refractivity (Wildman–Crippen MR) is 71.2 cm³/mol. The zero-order valence-corrected chi connectivity index (χ0v) is 11.0. The fourth-order valence-electron chi connectivity index (χ4n) is 1.64. The maximum absolute atomic E-state index is 5.59. The SMILES string of the molecule is Cc1cc(C(C)C)nc(N(CCN)CCN)n1. The van der Waals surface area contributed by atoms with Crippen molar-refractivity contribution in [1.82, 2.24) is 9.97 Å². The van der Waals surface area contributed by atoms with Gasteiger partial charge in [0, 0.05) is 37.6 Å². The Morgan fingerprint density at radius 2 is 1.76 bits per heavy atom. The Hall–Kier alpha value is -1.20. The molecule has 0 amide bonds. The quantitative estimate of drug-likeness (QED) is 0.758. The van der Waals surface area contributed by atoms with Gasteiger partial charge in [-0.15, -0.1) is 0 Å². The van der Waals surface area contributed by atoms with E-state index in [2.05, 4.69) is 23.8 Å². The second-order valence-corrected chi connectivity index (χ2v) is 4.45. The van der Waals surface area contributed by atoms with E-state index in [0.717, 1.165) is 30.4 Å². The van der Waals surface area contributed by atoms with E-state index in [1.807, 2.05) is 17.9 Å². The number of aryl methyl sites for hydroxylation is 1. The van der Waals surface area contributed by atoms with Gasteiger partial charge in [-0.25, -0.2) is 9.97 Å². The summed E-state index contributed by atoms with van der Waals surface area (Å²) in [7, 11) is 0. The Labute approximate surface area is 103 Å². The number of nitrogens with two attached hydrogens (primary N) is 2. The molecule has 1 heterocycles. The van der Waals surface area contributed by atoms with Crippen LogP contribution in [0.4, 0.5) is 5.95 Å². The van der Waals surface area contributed by atoms with Crippen LogP contribution in [0, 0.1) is 6.92 Å². The number of hydrogen-bond acceptors (Lipinski definition) is 5. The summed E-state index contributed by atoms with van der Waals surface area (Å²) < 4.78 is 0. The van der Waals surface area contributed by atoms with Crippen molar-refractivity contribution in [2.45, 2.75) is 26.7 Å². The highest BCUT2D eigenvalue weighted by Gasteiger charge is 2.11. The van der Waals surface area contributed by atoms with Gasteiger partial charge in [-0.2, -0.15) is 0 Å². The fraction of sp³-hybridized carbons (Fsp3) is 0.667. The summed E-state index contributed by atoms with van der Waals surface area (Å²) in [6.45, 7) is 8.86. The summed E-state index contributed by atoms with van der Waals surface area (Å²) in [5, 5.41) is 0. The molecule has 0 aromatic carbocycles. The van der Waals surface area contributed by atoms with Crippen molar-refractivity contribution in [1.29, 1.82) is 0 Å². The lowest BCUT2D eigenvalue weighted by Crippen LogP contribution is -2.35. The maximum Gasteiger partial charge on any atom is 0.225 e. The van der Waals surface area contributed by atoms with Crippen LogP contribution in [-0.4, -0.2) is 36.1 Å². The summed E-state index contributed by atoms with van der Waals surface area (Å²) in [6.07, 6.45) is 0. The average Bonchev–Trinajstić information content (AvgIpc) is 2.28. The van der Waals surface area contributed by atoms with Gasteiger partial charge < -0.3 is 16.4 Å². The first kappa shape index (κ1) is 13.9. The van der Waals surface area contributed by atoms with Crippen LogP contribution in [0.1, 0.15) is 31.2 Å². The molecule has 0 atom stereocenters. The van der Waals surface area contributed by atoms with E-state index in [1.54, 1.807) is 0 Å². The van der Waals surface area contributed by atoms with Gasteiger partial charge >= 0.3 is 0 Å². The van der Waals surface area contributed by atoms with Crippen molar-refractivity contribution < 1.29 is 0 Å². The molecule has 17 heavy (non-hydrogen) atoms. The Morgan fingerprint density at radius 3 is 2.24 bits per heavy atom. The molecule has 5 heteroatoms. The van der Waals surface area contributed by atoms with Crippen molar-refractivity contribution in [3.8, 4) is 0 Å². The van der Waals surface area contributed by atoms with Crippen LogP contribution in [0.15, 0.2) is 6.07 Å². The van der Waals surface area contributed by atoms with Crippen molar-refractivity contribution in [2.75, 3.05) is 31.1 Å². The summed E-state index contributed by atoms with van der Waals surface area (Å²) >= 11 is 0. The van der Waals surface area contributed by atoms with Gasteiger partial charge in [-0.05, 0) is 18.9 Å². The van der Waals surface area contributed by atoms with E-state index < -0.39 is 0 Å². The Morgan fingerprint density at radius 1 is 1.18 bits per heavy atom. The summed E-state index contributed by atoms with van der Waals surface area (Å²) in [6, 6.07) is 2.03. The lowest BCUT2D eigenvalue weighted by atomic mass is 10.1. The van der Waals surface area contributed by atoms with Crippen molar-refractivity contribution in [3.63, 3.8) is 0 Å². The smallest absolute Gasteiger partial charge is 0.225 e. The van der Waals surface area contributed by atoms with Crippen LogP contribution in [0.25, 0.3) is 0 Å². The molecule has 96 valence electrons. The zero-order chi connectivity index (χ0) is 12.8. The highest BCUT2D eigenvalue weighted by Crippen LogP contribution is 2.16. The van der Waals surface area contributed by atoms with Crippen molar-refractivity contribution in [2.24, 2.45) is 11.5 Å². The molecule has 0 fully saturated rings. The first-order valence-electron chi connectivity index (χ1n) is 6.09. The molecule has 0 aliphatic heterocycles. The number of hydrogen-bond donors (Lipinski definition) is 2. The number of rotatable bonds is 6. The van der Waals surface area contributed by atoms with Gasteiger partial charge in [0.1, 0.15) is 0 Å². The monoisotopic (exact) mass is 237 g/mol. The highest BCUT2D eigenvalue weighted by molar-refractivity contribution is 5.33. The number of aromatic nitrogens is 2. The van der Waals surface area contributed by atoms with E-state index in [1.165, 1.54) is 0 Å². The van der Waals surface area contributed by atoms with E-state index in [-0.39, 0.29) is 0 Å². The van der Waals surface area contributed by atoms with Gasteiger partial charge in [0.15, 0.2) is 0 Å². The van der Waals surface area contributed by atoms with Gasteiger partial charge in [0.2, 0.25) is 5.95 Å². The van der Waals surface area contributed by atoms with Crippen molar-refractivity contribution >= 4 is 5.95 Å². The summed E-state index contributed by atoms with van der Waals surface area (Å²) in [4.78, 5) is 11.1. The molecular formula is C12H23N5. The van der Waals surface area contributed by atoms with Crippen LogP contribution in [0.5, 0.6) is 0 Å². The second-order valence-electron chi connectivity index (χ2n) is 4.45. The molecule has 1 aromatic heterocycles. The normalized spacial score (nSPS) is 10.9. The molecule has 4 N–H and O–H groups in total. The predicted octanol–water partition coefficient (Wildman–Crippen LogP) is 0.632. The minimum absolute atomic E-state index is 0.396. The molecule has 0 radical (unpaired) electrons. The highest BCUT2D eigenvalue weighted by atomic mass is 15.3. The van der Waals surface area contributed by atoms with Crippen LogP contribution in [0.3, 0.4) is 0 Å². The first-order valence-corrected chi connectivity index (χ1v) is 6.09. The largest absolute Gasteiger partial charge is 0.338 e. The molecule has 0 saturated heterocycles. The minimum Gasteiger partial charge on any atom is -0.338 e. The summed E-state index contributed by atoms with van der Waals surface area (Å²) in [5.74, 6) is 1.14. The van der Waals surface area contributed by atoms with E-state index in [9.17, 15) is 0 Å². The Bertz CT molecular complexity index is 345. The maximum atomic E-state index is 5.59. The molecular weight excluding hydrogens is 214 g/mol. The Kier molecular flexibility index (Phi) is 5.31. The number of anilines is 1. The van der Waals surface area contributed by atoms with E-state index in [4.69, 9.17) is 11.5 Å². The van der Waals surface area contributed by atoms with E-state index in [0.29, 0.717) is 19.0 Å². The molecule has 0 saturated carbocycles. The molecule has 0 spiro atoms. The van der Waals surface area contributed by atoms with Gasteiger partial charge in [0.05, 0.1) is 0 Å². The average molecular weight is 237 g/mol. The van der Waals surface area contributed by atoms with E-state index >= 15 is 0 Å². The second kappa shape index (κ2) is 6.51.